The lowest BCUT2D eigenvalue weighted by atomic mass is 10.0. The molecular formula is C19H20N4O. The predicted octanol–water partition coefficient (Wildman–Crippen LogP) is 2.95. The van der Waals surface area contributed by atoms with Gasteiger partial charge in [-0.25, -0.2) is 4.79 Å². The number of urea groups is 1. The van der Waals surface area contributed by atoms with E-state index in [1.165, 1.54) is 11.1 Å². The topological polar surface area (TPSA) is 68.2 Å². The first kappa shape index (κ1) is 15.9. The maximum atomic E-state index is 12.0. The second-order valence-electron chi connectivity index (χ2n) is 5.99. The molecule has 2 amide bonds. The molecule has 1 atom stereocenters. The number of amides is 2. The highest BCUT2D eigenvalue weighted by molar-refractivity contribution is 5.89. The van der Waals surface area contributed by atoms with Gasteiger partial charge in [-0.15, -0.1) is 0 Å². The average molecular weight is 320 g/mol. The van der Waals surface area contributed by atoms with Gasteiger partial charge in [-0.2, -0.15) is 5.26 Å². The molecule has 0 aromatic heterocycles. The molecule has 2 N–H and O–H groups in total. The van der Waals surface area contributed by atoms with Gasteiger partial charge in [0.15, 0.2) is 6.19 Å². The van der Waals surface area contributed by atoms with E-state index in [1.807, 2.05) is 42.5 Å². The van der Waals surface area contributed by atoms with Crippen LogP contribution in [0.1, 0.15) is 17.5 Å². The number of rotatable bonds is 4. The summed E-state index contributed by atoms with van der Waals surface area (Å²) in [6, 6.07) is 18.0. The fourth-order valence-electron chi connectivity index (χ4n) is 2.86. The van der Waals surface area contributed by atoms with E-state index in [4.69, 9.17) is 5.26 Å². The second-order valence-corrected chi connectivity index (χ2v) is 5.99. The van der Waals surface area contributed by atoms with E-state index in [2.05, 4.69) is 29.0 Å². The molecule has 3 rings (SSSR count). The molecule has 1 fully saturated rings. The molecule has 122 valence electrons. The van der Waals surface area contributed by atoms with Crippen molar-refractivity contribution in [3.05, 3.63) is 65.7 Å². The van der Waals surface area contributed by atoms with Crippen LogP contribution in [-0.2, 0) is 6.42 Å². The van der Waals surface area contributed by atoms with Crippen molar-refractivity contribution in [3.63, 3.8) is 0 Å². The first-order chi connectivity index (χ1) is 11.7. The van der Waals surface area contributed by atoms with Crippen molar-refractivity contribution in [1.82, 2.24) is 10.2 Å². The lowest BCUT2D eigenvalue weighted by molar-refractivity contribution is 0.248. The molecule has 0 aliphatic carbocycles. The van der Waals surface area contributed by atoms with Crippen LogP contribution in [0.2, 0.25) is 0 Å². The SMILES string of the molecule is N#CN1CCC(NC(=O)Nc2ccc(Cc3ccccc3)cc2)C1. The van der Waals surface area contributed by atoms with Crippen LogP contribution in [-0.4, -0.2) is 30.1 Å². The number of hydrogen-bond donors (Lipinski definition) is 2. The van der Waals surface area contributed by atoms with Gasteiger partial charge in [0.25, 0.3) is 0 Å². The predicted molar refractivity (Wildman–Crippen MR) is 93.4 cm³/mol. The van der Waals surface area contributed by atoms with E-state index in [-0.39, 0.29) is 12.1 Å². The Labute approximate surface area is 141 Å². The number of carbonyl (C=O) groups excluding carboxylic acids is 1. The molecule has 1 saturated heterocycles. The Morgan fingerprint density at radius 3 is 2.50 bits per heavy atom. The summed E-state index contributed by atoms with van der Waals surface area (Å²) in [4.78, 5) is 13.7. The van der Waals surface area contributed by atoms with Crippen molar-refractivity contribution in [2.75, 3.05) is 18.4 Å². The molecule has 1 unspecified atom stereocenters. The fraction of sp³-hybridized carbons (Fsp3) is 0.263. The van der Waals surface area contributed by atoms with Gasteiger partial charge in [-0.1, -0.05) is 42.5 Å². The monoisotopic (exact) mass is 320 g/mol. The van der Waals surface area contributed by atoms with Gasteiger partial charge in [-0.3, -0.25) is 0 Å². The van der Waals surface area contributed by atoms with E-state index in [9.17, 15) is 4.79 Å². The van der Waals surface area contributed by atoms with Crippen LogP contribution < -0.4 is 10.6 Å². The molecule has 0 saturated carbocycles. The number of carbonyl (C=O) groups is 1. The molecule has 5 nitrogen and oxygen atoms in total. The van der Waals surface area contributed by atoms with E-state index < -0.39 is 0 Å². The van der Waals surface area contributed by atoms with Crippen LogP contribution >= 0.6 is 0 Å². The maximum absolute atomic E-state index is 12.0. The minimum atomic E-state index is -0.226. The normalized spacial score (nSPS) is 16.5. The van der Waals surface area contributed by atoms with Gasteiger partial charge < -0.3 is 15.5 Å². The summed E-state index contributed by atoms with van der Waals surface area (Å²) in [5, 5.41) is 14.6. The Balaban J connectivity index is 1.51. The Morgan fingerprint density at radius 1 is 1.12 bits per heavy atom. The molecule has 0 spiro atoms. The van der Waals surface area contributed by atoms with E-state index in [0.717, 1.165) is 18.5 Å². The molecule has 24 heavy (non-hydrogen) atoms. The molecular weight excluding hydrogens is 300 g/mol. The van der Waals surface area contributed by atoms with Crippen LogP contribution in [0.4, 0.5) is 10.5 Å². The highest BCUT2D eigenvalue weighted by Crippen LogP contribution is 2.14. The molecule has 0 bridgehead atoms. The van der Waals surface area contributed by atoms with Crippen LogP contribution in [0, 0.1) is 11.5 Å². The molecule has 5 heteroatoms. The zero-order valence-electron chi connectivity index (χ0n) is 13.4. The van der Waals surface area contributed by atoms with Crippen molar-refractivity contribution in [3.8, 4) is 6.19 Å². The van der Waals surface area contributed by atoms with Gasteiger partial charge in [0, 0.05) is 18.8 Å². The standard InChI is InChI=1S/C19H20N4O/c20-14-23-11-10-18(13-23)22-19(24)21-17-8-6-16(7-9-17)12-15-4-2-1-3-5-15/h1-9,18H,10-13H2,(H2,21,22,24). The van der Waals surface area contributed by atoms with E-state index >= 15 is 0 Å². The minimum Gasteiger partial charge on any atom is -0.333 e. The lowest BCUT2D eigenvalue weighted by Gasteiger charge is -2.13. The van der Waals surface area contributed by atoms with Gasteiger partial charge >= 0.3 is 6.03 Å². The van der Waals surface area contributed by atoms with E-state index in [1.54, 1.807) is 4.90 Å². The summed E-state index contributed by atoms with van der Waals surface area (Å²) >= 11 is 0. The molecule has 1 aliphatic heterocycles. The van der Waals surface area contributed by atoms with Crippen molar-refractivity contribution in [2.24, 2.45) is 0 Å². The minimum absolute atomic E-state index is 0.0296. The van der Waals surface area contributed by atoms with Crippen molar-refractivity contribution >= 4 is 11.7 Å². The summed E-state index contributed by atoms with van der Waals surface area (Å²) in [5.41, 5.74) is 3.23. The maximum Gasteiger partial charge on any atom is 0.319 e. The Bertz CT molecular complexity index is 721. The van der Waals surface area contributed by atoms with Crippen molar-refractivity contribution in [2.45, 2.75) is 18.9 Å². The lowest BCUT2D eigenvalue weighted by Crippen LogP contribution is -2.39. The first-order valence-electron chi connectivity index (χ1n) is 8.08. The number of anilines is 1. The van der Waals surface area contributed by atoms with Crippen molar-refractivity contribution < 1.29 is 4.79 Å². The average Bonchev–Trinajstić information content (AvgIpc) is 3.05. The van der Waals surface area contributed by atoms with Gasteiger partial charge in [0.1, 0.15) is 0 Å². The highest BCUT2D eigenvalue weighted by Gasteiger charge is 2.22. The van der Waals surface area contributed by atoms with Crippen LogP contribution in [0.5, 0.6) is 0 Å². The van der Waals surface area contributed by atoms with Crippen LogP contribution in [0.3, 0.4) is 0 Å². The second kappa shape index (κ2) is 7.51. The Hall–Kier alpha value is -3.00. The Kier molecular flexibility index (Phi) is 4.97. The quantitative estimate of drug-likeness (QED) is 0.851. The number of likely N-dealkylation sites (tertiary alicyclic amines) is 1. The molecule has 2 aromatic rings. The smallest absolute Gasteiger partial charge is 0.319 e. The van der Waals surface area contributed by atoms with Crippen molar-refractivity contribution in [1.29, 1.82) is 5.26 Å². The summed E-state index contributed by atoms with van der Waals surface area (Å²) in [7, 11) is 0. The molecule has 1 heterocycles. The third-order valence-electron chi connectivity index (χ3n) is 4.13. The number of nitriles is 1. The van der Waals surface area contributed by atoms with Gasteiger partial charge in [0.05, 0.1) is 6.04 Å². The number of hydrogen-bond acceptors (Lipinski definition) is 3. The fourth-order valence-corrected chi connectivity index (χ4v) is 2.86. The summed E-state index contributed by atoms with van der Waals surface area (Å²) < 4.78 is 0. The zero-order chi connectivity index (χ0) is 16.8. The number of nitrogens with one attached hydrogen (secondary N) is 2. The van der Waals surface area contributed by atoms with Crippen LogP contribution in [0.25, 0.3) is 0 Å². The third-order valence-corrected chi connectivity index (χ3v) is 4.13. The van der Waals surface area contributed by atoms with Gasteiger partial charge in [0.2, 0.25) is 0 Å². The summed E-state index contributed by atoms with van der Waals surface area (Å²) in [6.07, 6.45) is 3.78. The van der Waals surface area contributed by atoms with Crippen LogP contribution in [0.15, 0.2) is 54.6 Å². The third kappa shape index (κ3) is 4.26. The highest BCUT2D eigenvalue weighted by atomic mass is 16.2. The zero-order valence-corrected chi connectivity index (χ0v) is 13.4. The molecule has 2 aromatic carbocycles. The number of nitrogens with zero attached hydrogens (tertiary/aromatic N) is 2. The molecule has 0 radical (unpaired) electrons. The largest absolute Gasteiger partial charge is 0.333 e. The Morgan fingerprint density at radius 2 is 1.83 bits per heavy atom. The van der Waals surface area contributed by atoms with Gasteiger partial charge in [-0.05, 0) is 36.1 Å². The van der Waals surface area contributed by atoms with E-state index in [0.29, 0.717) is 13.1 Å². The summed E-state index contributed by atoms with van der Waals surface area (Å²) in [5.74, 6) is 0. The molecule has 1 aliphatic rings. The summed E-state index contributed by atoms with van der Waals surface area (Å²) in [6.45, 7) is 1.29. The first-order valence-corrected chi connectivity index (χ1v) is 8.08. The number of benzene rings is 2.